The van der Waals surface area contributed by atoms with Crippen LogP contribution in [0, 0.1) is 11.3 Å². The lowest BCUT2D eigenvalue weighted by atomic mass is 10.1. The first-order valence-electron chi connectivity index (χ1n) is 11.3. The molecule has 1 heterocycles. The smallest absolute Gasteiger partial charge is 0.354 e. The number of rotatable bonds is 9. The van der Waals surface area contributed by atoms with E-state index in [4.69, 9.17) is 18.6 Å². The van der Waals surface area contributed by atoms with Crippen molar-refractivity contribution in [1.29, 1.82) is 5.26 Å². The number of esters is 1. The minimum atomic E-state index is -0.892. The van der Waals surface area contributed by atoms with Crippen LogP contribution >= 0.6 is 0 Å². The Labute approximate surface area is 207 Å². The van der Waals surface area contributed by atoms with Gasteiger partial charge in [0.2, 0.25) is 0 Å². The highest BCUT2D eigenvalue weighted by atomic mass is 16.5. The highest BCUT2D eigenvalue weighted by Crippen LogP contribution is 2.29. The second kappa shape index (κ2) is 11.7. The molecular weight excluding hydrogens is 464 g/mol. The molecule has 0 saturated heterocycles. The van der Waals surface area contributed by atoms with Crippen LogP contribution in [0.15, 0.2) is 57.2 Å². The number of nitriles is 1. The maximum Gasteiger partial charge on any atom is 0.354 e. The lowest BCUT2D eigenvalue weighted by Gasteiger charge is -2.11. The number of hydrogen-bond donors (Lipinski definition) is 1. The van der Waals surface area contributed by atoms with Crippen molar-refractivity contribution in [3.05, 3.63) is 69.6 Å². The molecule has 186 valence electrons. The molecule has 1 atom stereocenters. The summed E-state index contributed by atoms with van der Waals surface area (Å²) in [4.78, 5) is 37.3. The van der Waals surface area contributed by atoms with E-state index in [0.717, 1.165) is 0 Å². The summed E-state index contributed by atoms with van der Waals surface area (Å²) in [5.41, 5.74) is -0.512. The van der Waals surface area contributed by atoms with Crippen molar-refractivity contribution in [3.63, 3.8) is 0 Å². The van der Waals surface area contributed by atoms with Gasteiger partial charge in [0, 0.05) is 17.5 Å². The third-order valence-corrected chi connectivity index (χ3v) is 5.29. The number of nitrogens with zero attached hydrogens (tertiary/aromatic N) is 1. The van der Waals surface area contributed by atoms with Crippen LogP contribution < -0.4 is 25.2 Å². The van der Waals surface area contributed by atoms with Crippen molar-refractivity contribution in [2.75, 3.05) is 13.7 Å². The molecule has 0 aliphatic heterocycles. The first kappa shape index (κ1) is 26.0. The lowest BCUT2D eigenvalue weighted by molar-refractivity contribution is -0.129. The SMILES string of the molecule is CCOc1ccc(/C=C(\C#N)C(=O)Oc2ccc3cc(C(=O)NC(C)CC)c(=O)oc3c2)cc1OC. The zero-order valence-electron chi connectivity index (χ0n) is 20.4. The van der Waals surface area contributed by atoms with Gasteiger partial charge >= 0.3 is 11.6 Å². The summed E-state index contributed by atoms with van der Waals surface area (Å²) >= 11 is 0. The standard InChI is InChI=1S/C27H26N2O7/c1-5-16(3)29-25(30)21-13-18-8-9-20(14-23(18)36-27(21)32)35-26(31)19(15-28)11-17-7-10-22(34-6-2)24(12-17)33-4/h7-14,16H,5-6H2,1-4H3,(H,29,30)/b19-11+. The van der Waals surface area contributed by atoms with E-state index in [-0.39, 0.29) is 28.5 Å². The largest absolute Gasteiger partial charge is 0.493 e. The van der Waals surface area contributed by atoms with Gasteiger partial charge in [-0.25, -0.2) is 9.59 Å². The number of benzene rings is 2. The Kier molecular flexibility index (Phi) is 8.47. The molecule has 9 nitrogen and oxygen atoms in total. The van der Waals surface area contributed by atoms with Gasteiger partial charge in [0.05, 0.1) is 13.7 Å². The van der Waals surface area contributed by atoms with Crippen molar-refractivity contribution < 1.29 is 28.2 Å². The predicted octanol–water partition coefficient (Wildman–Crippen LogP) is 4.24. The number of nitrogens with one attached hydrogen (secondary N) is 1. The van der Waals surface area contributed by atoms with E-state index >= 15 is 0 Å². The fraction of sp³-hybridized carbons (Fsp3) is 0.259. The molecule has 1 unspecified atom stereocenters. The van der Waals surface area contributed by atoms with E-state index in [0.29, 0.717) is 35.5 Å². The Morgan fingerprint density at radius 1 is 1.14 bits per heavy atom. The average molecular weight is 491 g/mol. The number of amides is 1. The average Bonchev–Trinajstić information content (AvgIpc) is 2.87. The van der Waals surface area contributed by atoms with Gasteiger partial charge in [-0.1, -0.05) is 13.0 Å². The molecule has 0 fully saturated rings. The molecule has 0 spiro atoms. The first-order chi connectivity index (χ1) is 17.3. The molecule has 0 aliphatic rings. The molecule has 0 radical (unpaired) electrons. The molecule has 36 heavy (non-hydrogen) atoms. The lowest BCUT2D eigenvalue weighted by Crippen LogP contribution is -2.34. The summed E-state index contributed by atoms with van der Waals surface area (Å²) in [5.74, 6) is -0.353. The highest BCUT2D eigenvalue weighted by molar-refractivity contribution is 6.00. The number of methoxy groups -OCH3 is 1. The summed E-state index contributed by atoms with van der Waals surface area (Å²) in [7, 11) is 1.49. The first-order valence-corrected chi connectivity index (χ1v) is 11.3. The Hall–Kier alpha value is -4.58. The molecule has 0 saturated carbocycles. The molecule has 3 aromatic rings. The summed E-state index contributed by atoms with van der Waals surface area (Å²) in [5, 5.41) is 12.7. The van der Waals surface area contributed by atoms with Crippen LogP contribution in [0.25, 0.3) is 17.0 Å². The van der Waals surface area contributed by atoms with Gasteiger partial charge in [-0.15, -0.1) is 0 Å². The summed E-state index contributed by atoms with van der Waals surface area (Å²) < 4.78 is 21.4. The van der Waals surface area contributed by atoms with Gasteiger partial charge in [0.15, 0.2) is 11.5 Å². The summed E-state index contributed by atoms with van der Waals surface area (Å²) in [6.07, 6.45) is 2.08. The maximum absolute atomic E-state index is 12.6. The minimum absolute atomic E-state index is 0.0675. The van der Waals surface area contributed by atoms with Crippen LogP contribution in [-0.2, 0) is 4.79 Å². The molecule has 0 aliphatic carbocycles. The number of ether oxygens (including phenoxy) is 3. The number of hydrogen-bond acceptors (Lipinski definition) is 8. The van der Waals surface area contributed by atoms with Gasteiger partial charge in [0.25, 0.3) is 5.91 Å². The second-order valence-corrected chi connectivity index (χ2v) is 7.83. The Morgan fingerprint density at radius 3 is 2.58 bits per heavy atom. The van der Waals surface area contributed by atoms with Crippen molar-refractivity contribution in [1.82, 2.24) is 5.32 Å². The third-order valence-electron chi connectivity index (χ3n) is 5.29. The summed E-state index contributed by atoms with van der Waals surface area (Å²) in [6, 6.07) is 12.5. The molecule has 1 amide bonds. The van der Waals surface area contributed by atoms with Crippen molar-refractivity contribution >= 4 is 28.9 Å². The van der Waals surface area contributed by atoms with Crippen LogP contribution in [0.2, 0.25) is 0 Å². The Bertz CT molecular complexity index is 1420. The Balaban J connectivity index is 1.83. The van der Waals surface area contributed by atoms with Gasteiger partial charge in [0.1, 0.15) is 28.5 Å². The van der Waals surface area contributed by atoms with Gasteiger partial charge < -0.3 is 23.9 Å². The predicted molar refractivity (Wildman–Crippen MR) is 133 cm³/mol. The number of carbonyl (C=O) groups excluding carboxylic acids is 2. The molecule has 2 aromatic carbocycles. The van der Waals surface area contributed by atoms with Gasteiger partial charge in [-0.3, -0.25) is 4.79 Å². The van der Waals surface area contributed by atoms with Crippen LogP contribution in [0.3, 0.4) is 0 Å². The van der Waals surface area contributed by atoms with Crippen LogP contribution in [0.1, 0.15) is 43.1 Å². The van der Waals surface area contributed by atoms with E-state index in [1.165, 1.54) is 31.4 Å². The fourth-order valence-corrected chi connectivity index (χ4v) is 3.23. The molecule has 1 N–H and O–H groups in total. The van der Waals surface area contributed by atoms with Gasteiger partial charge in [-0.2, -0.15) is 5.26 Å². The van der Waals surface area contributed by atoms with E-state index in [9.17, 15) is 19.6 Å². The molecule has 9 heteroatoms. The molecule has 0 bridgehead atoms. The van der Waals surface area contributed by atoms with E-state index < -0.39 is 17.5 Å². The van der Waals surface area contributed by atoms with Crippen molar-refractivity contribution in [3.8, 4) is 23.3 Å². The van der Waals surface area contributed by atoms with E-state index in [2.05, 4.69) is 5.32 Å². The van der Waals surface area contributed by atoms with Gasteiger partial charge in [-0.05, 0) is 62.2 Å². The minimum Gasteiger partial charge on any atom is -0.493 e. The topological polar surface area (TPSA) is 128 Å². The number of fused-ring (bicyclic) bond motifs is 1. The maximum atomic E-state index is 12.6. The second-order valence-electron chi connectivity index (χ2n) is 7.83. The fourth-order valence-electron chi connectivity index (χ4n) is 3.23. The number of carbonyl (C=O) groups is 2. The zero-order valence-corrected chi connectivity index (χ0v) is 20.4. The van der Waals surface area contributed by atoms with Crippen molar-refractivity contribution in [2.45, 2.75) is 33.2 Å². The molecule has 1 aromatic heterocycles. The molecular formula is C27H26N2O7. The Morgan fingerprint density at radius 2 is 1.92 bits per heavy atom. The monoisotopic (exact) mass is 490 g/mol. The van der Waals surface area contributed by atoms with Crippen molar-refractivity contribution in [2.24, 2.45) is 0 Å². The third kappa shape index (κ3) is 6.10. The van der Waals surface area contributed by atoms with E-state index in [1.54, 1.807) is 24.3 Å². The van der Waals surface area contributed by atoms with Crippen LogP contribution in [0.4, 0.5) is 0 Å². The normalized spacial score (nSPS) is 11.9. The highest BCUT2D eigenvalue weighted by Gasteiger charge is 2.17. The zero-order chi connectivity index (χ0) is 26.2. The van der Waals surface area contributed by atoms with E-state index in [1.807, 2.05) is 26.8 Å². The van der Waals surface area contributed by atoms with Crippen LogP contribution in [-0.4, -0.2) is 31.6 Å². The van der Waals surface area contributed by atoms with Crippen LogP contribution in [0.5, 0.6) is 17.2 Å². The summed E-state index contributed by atoms with van der Waals surface area (Å²) in [6.45, 7) is 6.05. The quantitative estimate of drug-likeness (QED) is 0.155. The molecule has 3 rings (SSSR count).